The topological polar surface area (TPSA) is 55.1 Å². The highest BCUT2D eigenvalue weighted by Gasteiger charge is 2.02. The van der Waals surface area contributed by atoms with E-state index in [1.165, 1.54) is 16.7 Å². The van der Waals surface area contributed by atoms with Crippen molar-refractivity contribution < 1.29 is 4.79 Å². The average Bonchev–Trinajstić information content (AvgIpc) is 2.51. The van der Waals surface area contributed by atoms with Gasteiger partial charge in [-0.05, 0) is 29.2 Å². The van der Waals surface area contributed by atoms with Crippen molar-refractivity contribution in [2.75, 3.05) is 0 Å². The van der Waals surface area contributed by atoms with Crippen LogP contribution in [0.15, 0.2) is 48.5 Å². The smallest absolute Gasteiger partial charge is 0.238 e. The molecule has 0 heterocycles. The van der Waals surface area contributed by atoms with Crippen molar-refractivity contribution in [3.05, 3.63) is 70.8 Å². The van der Waals surface area contributed by atoms with Gasteiger partial charge in [0, 0.05) is 11.5 Å². The first-order chi connectivity index (χ1) is 10.2. The lowest BCUT2D eigenvalue weighted by atomic mass is 10.1. The van der Waals surface area contributed by atoms with Gasteiger partial charge < -0.3 is 0 Å². The maximum Gasteiger partial charge on any atom is 0.238 e. The zero-order valence-corrected chi connectivity index (χ0v) is 13.0. The summed E-state index contributed by atoms with van der Waals surface area (Å²) in [7, 11) is 0. The number of aryl methyl sites for hydroxylation is 1. The molecule has 0 saturated heterocycles. The Labute approximate surface area is 129 Å². The standard InChI is InChI=1S/C17H20N2OS/c1-13-4-2-3-5-16(13)12-21-11-15-8-6-14(7-9-15)10-17(20)19-18/h2-9H,10-12,18H2,1H3,(H,19,20). The maximum atomic E-state index is 11.2. The first-order valence-electron chi connectivity index (χ1n) is 6.88. The molecule has 0 saturated carbocycles. The molecule has 2 aromatic rings. The average molecular weight is 300 g/mol. The zero-order valence-electron chi connectivity index (χ0n) is 12.1. The summed E-state index contributed by atoms with van der Waals surface area (Å²) < 4.78 is 0. The molecule has 1 amide bonds. The van der Waals surface area contributed by atoms with Crippen LogP contribution in [0.3, 0.4) is 0 Å². The van der Waals surface area contributed by atoms with E-state index < -0.39 is 0 Å². The second-order valence-electron chi connectivity index (χ2n) is 4.98. The first-order valence-corrected chi connectivity index (χ1v) is 8.04. The van der Waals surface area contributed by atoms with Crippen LogP contribution in [0.25, 0.3) is 0 Å². The molecule has 0 bridgehead atoms. The lowest BCUT2D eigenvalue weighted by Crippen LogP contribution is -2.31. The monoisotopic (exact) mass is 300 g/mol. The van der Waals surface area contributed by atoms with Crippen molar-refractivity contribution in [2.45, 2.75) is 24.9 Å². The van der Waals surface area contributed by atoms with E-state index >= 15 is 0 Å². The van der Waals surface area contributed by atoms with Crippen LogP contribution in [0.1, 0.15) is 22.3 Å². The molecule has 0 aromatic heterocycles. The van der Waals surface area contributed by atoms with E-state index in [0.717, 1.165) is 17.1 Å². The summed E-state index contributed by atoms with van der Waals surface area (Å²) in [5.74, 6) is 6.90. The minimum atomic E-state index is -0.170. The van der Waals surface area contributed by atoms with Crippen LogP contribution in [0.5, 0.6) is 0 Å². The van der Waals surface area contributed by atoms with Crippen molar-refractivity contribution in [3.63, 3.8) is 0 Å². The molecule has 0 fully saturated rings. The summed E-state index contributed by atoms with van der Waals surface area (Å²) in [5, 5.41) is 0. The highest BCUT2D eigenvalue weighted by atomic mass is 32.2. The van der Waals surface area contributed by atoms with Gasteiger partial charge in [-0.15, -0.1) is 0 Å². The van der Waals surface area contributed by atoms with E-state index in [-0.39, 0.29) is 5.91 Å². The van der Waals surface area contributed by atoms with Crippen molar-refractivity contribution >= 4 is 17.7 Å². The van der Waals surface area contributed by atoms with Crippen molar-refractivity contribution in [1.82, 2.24) is 5.43 Å². The highest BCUT2D eigenvalue weighted by molar-refractivity contribution is 7.97. The molecule has 2 aromatic carbocycles. The third kappa shape index (κ3) is 4.92. The summed E-state index contributed by atoms with van der Waals surface area (Å²) in [5.41, 5.74) is 7.12. The second-order valence-corrected chi connectivity index (χ2v) is 5.97. The first kappa shape index (κ1) is 15.6. The number of amides is 1. The predicted octanol–water partition coefficient (Wildman–Crippen LogP) is 2.96. The number of benzene rings is 2. The lowest BCUT2D eigenvalue weighted by Gasteiger charge is -2.06. The van der Waals surface area contributed by atoms with Gasteiger partial charge in [0.2, 0.25) is 5.91 Å². The quantitative estimate of drug-likeness (QED) is 0.490. The number of nitrogens with two attached hydrogens (primary N) is 1. The Hall–Kier alpha value is -1.78. The molecule has 0 spiro atoms. The molecule has 21 heavy (non-hydrogen) atoms. The molecule has 3 N–H and O–H groups in total. The Morgan fingerprint density at radius 3 is 2.38 bits per heavy atom. The molecule has 110 valence electrons. The number of hydrogen-bond donors (Lipinski definition) is 2. The molecular formula is C17H20N2OS. The summed E-state index contributed by atoms with van der Waals surface area (Å²) in [6.07, 6.45) is 0.327. The fourth-order valence-corrected chi connectivity index (χ4v) is 3.11. The number of hydrazine groups is 1. The molecule has 3 nitrogen and oxygen atoms in total. The normalized spacial score (nSPS) is 10.4. The van der Waals surface area contributed by atoms with Crippen LogP contribution in [0.4, 0.5) is 0 Å². The fraction of sp³-hybridized carbons (Fsp3) is 0.235. The molecule has 0 aliphatic rings. The van der Waals surface area contributed by atoms with Crippen LogP contribution >= 0.6 is 11.8 Å². The minimum absolute atomic E-state index is 0.170. The van der Waals surface area contributed by atoms with Gasteiger partial charge in [0.15, 0.2) is 0 Å². The Morgan fingerprint density at radius 2 is 1.71 bits per heavy atom. The van der Waals surface area contributed by atoms with Gasteiger partial charge in [0.25, 0.3) is 0 Å². The lowest BCUT2D eigenvalue weighted by molar-refractivity contribution is -0.120. The molecule has 0 atom stereocenters. The summed E-state index contributed by atoms with van der Waals surface area (Å²) in [6.45, 7) is 2.15. The maximum absolute atomic E-state index is 11.2. The third-order valence-electron chi connectivity index (χ3n) is 3.34. The van der Waals surface area contributed by atoms with Crippen molar-refractivity contribution in [1.29, 1.82) is 0 Å². The van der Waals surface area contributed by atoms with Crippen LogP contribution in [-0.4, -0.2) is 5.91 Å². The van der Waals surface area contributed by atoms with Gasteiger partial charge in [-0.25, -0.2) is 5.84 Å². The SMILES string of the molecule is Cc1ccccc1CSCc1ccc(CC(=O)NN)cc1. The van der Waals surface area contributed by atoms with Gasteiger partial charge in [-0.1, -0.05) is 48.5 Å². The van der Waals surface area contributed by atoms with E-state index in [1.807, 2.05) is 23.9 Å². The van der Waals surface area contributed by atoms with Gasteiger partial charge in [-0.2, -0.15) is 11.8 Å². The number of hydrogen-bond acceptors (Lipinski definition) is 3. The van der Waals surface area contributed by atoms with Gasteiger partial charge in [0.1, 0.15) is 0 Å². The predicted molar refractivity (Wildman–Crippen MR) is 88.7 cm³/mol. The van der Waals surface area contributed by atoms with E-state index in [9.17, 15) is 4.79 Å². The Kier molecular flexibility index (Phi) is 5.84. The van der Waals surface area contributed by atoms with E-state index in [2.05, 4.69) is 48.7 Å². The van der Waals surface area contributed by atoms with Crippen molar-refractivity contribution in [3.8, 4) is 0 Å². The number of rotatable bonds is 6. The van der Waals surface area contributed by atoms with E-state index in [0.29, 0.717) is 6.42 Å². The van der Waals surface area contributed by atoms with Gasteiger partial charge in [0.05, 0.1) is 6.42 Å². The third-order valence-corrected chi connectivity index (χ3v) is 4.39. The molecule has 0 radical (unpaired) electrons. The number of nitrogens with one attached hydrogen (secondary N) is 1. The zero-order chi connectivity index (χ0) is 15.1. The fourth-order valence-electron chi connectivity index (χ4n) is 2.04. The largest absolute Gasteiger partial charge is 0.294 e. The number of carbonyl (C=O) groups excluding carboxylic acids is 1. The second kappa shape index (κ2) is 7.86. The van der Waals surface area contributed by atoms with Crippen LogP contribution in [-0.2, 0) is 22.7 Å². The van der Waals surface area contributed by atoms with Crippen LogP contribution in [0, 0.1) is 6.92 Å². The van der Waals surface area contributed by atoms with Gasteiger partial charge in [-0.3, -0.25) is 10.2 Å². The summed E-state index contributed by atoms with van der Waals surface area (Å²) in [4.78, 5) is 11.2. The molecule has 0 aliphatic heterocycles. The molecule has 0 aliphatic carbocycles. The number of thioether (sulfide) groups is 1. The summed E-state index contributed by atoms with van der Waals surface area (Å²) in [6, 6.07) is 16.6. The Morgan fingerprint density at radius 1 is 1.05 bits per heavy atom. The summed E-state index contributed by atoms with van der Waals surface area (Å²) >= 11 is 1.90. The Bertz CT molecular complexity index is 596. The molecule has 0 unspecified atom stereocenters. The number of carbonyl (C=O) groups is 1. The Balaban J connectivity index is 1.84. The highest BCUT2D eigenvalue weighted by Crippen LogP contribution is 2.20. The minimum Gasteiger partial charge on any atom is -0.294 e. The van der Waals surface area contributed by atoms with Crippen LogP contribution < -0.4 is 11.3 Å². The molecule has 4 heteroatoms. The van der Waals surface area contributed by atoms with Crippen molar-refractivity contribution in [2.24, 2.45) is 5.84 Å². The molecular weight excluding hydrogens is 280 g/mol. The van der Waals surface area contributed by atoms with E-state index in [1.54, 1.807) is 0 Å². The van der Waals surface area contributed by atoms with E-state index in [4.69, 9.17) is 5.84 Å². The van der Waals surface area contributed by atoms with Crippen LogP contribution in [0.2, 0.25) is 0 Å². The molecule has 2 rings (SSSR count). The van der Waals surface area contributed by atoms with Gasteiger partial charge >= 0.3 is 0 Å².